The van der Waals surface area contributed by atoms with Crippen molar-refractivity contribution in [2.24, 2.45) is 0 Å². The number of carbonyl (C=O) groups is 1. The van der Waals surface area contributed by atoms with Gasteiger partial charge in [-0.2, -0.15) is 0 Å². The first-order valence-electron chi connectivity index (χ1n) is 5.72. The maximum atomic E-state index is 12.9. The topological polar surface area (TPSA) is 59.2 Å². The second-order valence-electron chi connectivity index (χ2n) is 4.42. The Balaban J connectivity index is 1.83. The Labute approximate surface area is 99.6 Å². The molecule has 1 aliphatic heterocycles. The number of carbonyl (C=O) groups excluding carboxylic acids is 1. The Hall–Kier alpha value is -1.49. The van der Waals surface area contributed by atoms with Gasteiger partial charge in [-0.1, -0.05) is 0 Å². The van der Waals surface area contributed by atoms with Gasteiger partial charge in [0.05, 0.1) is 24.8 Å². The van der Waals surface area contributed by atoms with Crippen LogP contribution in [0.15, 0.2) is 18.3 Å². The van der Waals surface area contributed by atoms with Gasteiger partial charge in [0, 0.05) is 18.8 Å². The van der Waals surface area contributed by atoms with Crippen molar-refractivity contribution in [3.05, 3.63) is 24.0 Å². The molecule has 92 valence electrons. The van der Waals surface area contributed by atoms with E-state index in [1.807, 2.05) is 4.90 Å². The summed E-state index contributed by atoms with van der Waals surface area (Å²) >= 11 is 0. The first-order valence-corrected chi connectivity index (χ1v) is 5.72. The standard InChI is InChI=1S/C12H16FN3O/c13-9-3-4-16(7-9)8-12(17)5-11-2-1-10(14)6-15-11/h1-2,6,9H,3-5,7-8,14H2/t9-/m0/s1. The Morgan fingerprint density at radius 1 is 1.59 bits per heavy atom. The third-order valence-corrected chi connectivity index (χ3v) is 2.84. The largest absolute Gasteiger partial charge is 0.397 e. The molecular weight excluding hydrogens is 221 g/mol. The number of pyridine rings is 1. The van der Waals surface area contributed by atoms with E-state index in [0.29, 0.717) is 37.4 Å². The summed E-state index contributed by atoms with van der Waals surface area (Å²) in [6.07, 6.45) is 1.58. The van der Waals surface area contributed by atoms with E-state index in [1.54, 1.807) is 12.1 Å². The van der Waals surface area contributed by atoms with Crippen LogP contribution in [0.4, 0.5) is 10.1 Å². The van der Waals surface area contributed by atoms with Crippen LogP contribution in [0.5, 0.6) is 0 Å². The van der Waals surface area contributed by atoms with Gasteiger partial charge in [-0.25, -0.2) is 4.39 Å². The molecule has 0 spiro atoms. The number of hydrogen-bond acceptors (Lipinski definition) is 4. The summed E-state index contributed by atoms with van der Waals surface area (Å²) in [5.74, 6) is 0.0661. The lowest BCUT2D eigenvalue weighted by Gasteiger charge is -2.12. The van der Waals surface area contributed by atoms with Crippen LogP contribution in [0, 0.1) is 0 Å². The van der Waals surface area contributed by atoms with Gasteiger partial charge >= 0.3 is 0 Å². The van der Waals surface area contributed by atoms with Crippen LogP contribution >= 0.6 is 0 Å². The fourth-order valence-electron chi connectivity index (χ4n) is 1.98. The molecule has 0 aromatic carbocycles. The van der Waals surface area contributed by atoms with Crippen molar-refractivity contribution in [3.63, 3.8) is 0 Å². The highest BCUT2D eigenvalue weighted by Gasteiger charge is 2.23. The number of likely N-dealkylation sites (tertiary alicyclic amines) is 1. The second kappa shape index (κ2) is 5.23. The highest BCUT2D eigenvalue weighted by Crippen LogP contribution is 2.12. The number of nitrogens with two attached hydrogens (primary N) is 1. The van der Waals surface area contributed by atoms with Crippen molar-refractivity contribution in [2.45, 2.75) is 19.0 Å². The summed E-state index contributed by atoms with van der Waals surface area (Å²) in [5.41, 5.74) is 6.80. The number of anilines is 1. The van der Waals surface area contributed by atoms with Crippen LogP contribution < -0.4 is 5.73 Å². The summed E-state index contributed by atoms with van der Waals surface area (Å²) in [5, 5.41) is 0. The first-order chi connectivity index (χ1) is 8.13. The van der Waals surface area contributed by atoms with Gasteiger partial charge in [0.2, 0.25) is 0 Å². The molecule has 17 heavy (non-hydrogen) atoms. The summed E-state index contributed by atoms with van der Waals surface area (Å²) in [4.78, 5) is 17.6. The van der Waals surface area contributed by atoms with Crippen LogP contribution in [0.2, 0.25) is 0 Å². The zero-order chi connectivity index (χ0) is 12.3. The monoisotopic (exact) mass is 237 g/mol. The number of alkyl halides is 1. The van der Waals surface area contributed by atoms with E-state index in [0.717, 1.165) is 0 Å². The van der Waals surface area contributed by atoms with Crippen LogP contribution in [0.25, 0.3) is 0 Å². The lowest BCUT2D eigenvalue weighted by atomic mass is 10.2. The van der Waals surface area contributed by atoms with E-state index < -0.39 is 6.17 Å². The Morgan fingerprint density at radius 2 is 2.41 bits per heavy atom. The minimum atomic E-state index is -0.780. The maximum absolute atomic E-state index is 12.9. The Kier molecular flexibility index (Phi) is 3.68. The zero-order valence-electron chi connectivity index (χ0n) is 9.60. The van der Waals surface area contributed by atoms with Gasteiger partial charge in [-0.05, 0) is 18.6 Å². The predicted octanol–water partition coefficient (Wildman–Crippen LogP) is 0.819. The van der Waals surface area contributed by atoms with Gasteiger partial charge in [0.15, 0.2) is 5.78 Å². The van der Waals surface area contributed by atoms with Gasteiger partial charge in [-0.15, -0.1) is 0 Å². The van der Waals surface area contributed by atoms with Crippen LogP contribution in [0.1, 0.15) is 12.1 Å². The highest BCUT2D eigenvalue weighted by molar-refractivity contribution is 5.82. The minimum Gasteiger partial charge on any atom is -0.397 e. The van der Waals surface area contributed by atoms with Crippen LogP contribution in [-0.2, 0) is 11.2 Å². The van der Waals surface area contributed by atoms with Gasteiger partial charge in [-0.3, -0.25) is 14.7 Å². The number of rotatable bonds is 4. The molecule has 1 saturated heterocycles. The maximum Gasteiger partial charge on any atom is 0.152 e. The predicted molar refractivity (Wildman–Crippen MR) is 63.3 cm³/mol. The van der Waals surface area contributed by atoms with Crippen molar-refractivity contribution in [1.29, 1.82) is 0 Å². The number of ketones is 1. The van der Waals surface area contributed by atoms with Crippen LogP contribution in [0.3, 0.4) is 0 Å². The average Bonchev–Trinajstić information content (AvgIpc) is 2.67. The number of nitrogens with zero attached hydrogens (tertiary/aromatic N) is 2. The van der Waals surface area contributed by atoms with Crippen molar-refractivity contribution < 1.29 is 9.18 Å². The number of nitrogen functional groups attached to an aromatic ring is 1. The average molecular weight is 237 g/mol. The van der Waals surface area contributed by atoms with Crippen molar-refractivity contribution in [2.75, 3.05) is 25.4 Å². The van der Waals surface area contributed by atoms with Crippen molar-refractivity contribution in [1.82, 2.24) is 9.88 Å². The quantitative estimate of drug-likeness (QED) is 0.842. The summed E-state index contributed by atoms with van der Waals surface area (Å²) in [6.45, 7) is 1.36. The third kappa shape index (κ3) is 3.49. The molecule has 1 fully saturated rings. The van der Waals surface area contributed by atoms with Gasteiger partial charge < -0.3 is 5.73 Å². The molecule has 0 radical (unpaired) electrons. The summed E-state index contributed by atoms with van der Waals surface area (Å²) in [6, 6.07) is 3.47. The van der Waals surface area contributed by atoms with E-state index in [4.69, 9.17) is 5.73 Å². The number of hydrogen-bond donors (Lipinski definition) is 1. The molecule has 4 nitrogen and oxygen atoms in total. The lowest BCUT2D eigenvalue weighted by Crippen LogP contribution is -2.29. The molecule has 2 heterocycles. The van der Waals surface area contributed by atoms with Crippen LogP contribution in [-0.4, -0.2) is 41.5 Å². The smallest absolute Gasteiger partial charge is 0.152 e. The normalized spacial score (nSPS) is 20.6. The second-order valence-corrected chi connectivity index (χ2v) is 4.42. The van der Waals surface area contributed by atoms with E-state index in [2.05, 4.69) is 4.98 Å². The minimum absolute atomic E-state index is 0.0661. The highest BCUT2D eigenvalue weighted by atomic mass is 19.1. The molecule has 1 aromatic heterocycles. The van der Waals surface area contributed by atoms with E-state index >= 15 is 0 Å². The van der Waals surface area contributed by atoms with Gasteiger partial charge in [0.1, 0.15) is 6.17 Å². The summed E-state index contributed by atoms with van der Waals surface area (Å²) < 4.78 is 12.9. The lowest BCUT2D eigenvalue weighted by molar-refractivity contribution is -0.119. The molecule has 5 heteroatoms. The first kappa shape index (κ1) is 12.0. The van der Waals surface area contributed by atoms with Crippen molar-refractivity contribution >= 4 is 11.5 Å². The molecule has 0 bridgehead atoms. The Bertz CT molecular complexity index is 393. The van der Waals surface area contributed by atoms with Crippen molar-refractivity contribution in [3.8, 4) is 0 Å². The number of halogens is 1. The fraction of sp³-hybridized carbons (Fsp3) is 0.500. The molecule has 1 aromatic rings. The molecule has 1 aliphatic rings. The molecule has 0 amide bonds. The Morgan fingerprint density at radius 3 is 3.00 bits per heavy atom. The SMILES string of the molecule is Nc1ccc(CC(=O)CN2CC[C@H](F)C2)nc1. The van der Waals surface area contributed by atoms with E-state index in [-0.39, 0.29) is 12.2 Å². The molecular formula is C12H16FN3O. The fourth-order valence-corrected chi connectivity index (χ4v) is 1.98. The molecule has 0 aliphatic carbocycles. The number of Topliss-reactive ketones (excluding diaryl/α,β-unsaturated/α-hetero) is 1. The summed E-state index contributed by atoms with van der Waals surface area (Å²) in [7, 11) is 0. The third-order valence-electron chi connectivity index (χ3n) is 2.84. The van der Waals surface area contributed by atoms with E-state index in [9.17, 15) is 9.18 Å². The molecule has 2 rings (SSSR count). The molecule has 1 atom stereocenters. The van der Waals surface area contributed by atoms with E-state index in [1.165, 1.54) is 6.20 Å². The number of aromatic nitrogens is 1. The zero-order valence-corrected chi connectivity index (χ0v) is 9.60. The molecule has 2 N–H and O–H groups in total. The molecule has 0 saturated carbocycles. The van der Waals surface area contributed by atoms with Gasteiger partial charge in [0.25, 0.3) is 0 Å². The molecule has 0 unspecified atom stereocenters.